The van der Waals surface area contributed by atoms with Crippen LogP contribution in [0.25, 0.3) is 0 Å². The number of likely N-dealkylation sites (N-methyl/N-ethyl adjacent to an activating group) is 1. The minimum absolute atomic E-state index is 0.125. The highest BCUT2D eigenvalue weighted by atomic mass is 19.1. The normalized spacial score (nSPS) is 12.6. The maximum absolute atomic E-state index is 13.3. The number of anilines is 1. The van der Waals surface area contributed by atoms with Gasteiger partial charge in [-0.1, -0.05) is 12.1 Å². The van der Waals surface area contributed by atoms with Crippen LogP contribution in [0.4, 0.5) is 10.1 Å². The molecule has 78 valence electrons. The highest BCUT2D eigenvalue weighted by Gasteiger charge is 2.09. The Morgan fingerprint density at radius 3 is 2.64 bits per heavy atom. The van der Waals surface area contributed by atoms with Crippen molar-refractivity contribution in [1.82, 2.24) is 0 Å². The molecule has 0 aliphatic carbocycles. The van der Waals surface area contributed by atoms with E-state index in [1.165, 1.54) is 6.07 Å². The first-order chi connectivity index (χ1) is 6.65. The molecule has 0 aliphatic heterocycles. The summed E-state index contributed by atoms with van der Waals surface area (Å²) in [5.41, 5.74) is 11.6. The predicted octanol–water partition coefficient (Wildman–Crippen LogP) is 0.548. The van der Waals surface area contributed by atoms with E-state index in [2.05, 4.69) is 0 Å². The van der Waals surface area contributed by atoms with E-state index in [4.69, 9.17) is 11.5 Å². The van der Waals surface area contributed by atoms with E-state index in [9.17, 15) is 4.39 Å². The van der Waals surface area contributed by atoms with Crippen LogP contribution in [0.3, 0.4) is 0 Å². The lowest BCUT2D eigenvalue weighted by Crippen LogP contribution is -2.40. The fourth-order valence-corrected chi connectivity index (χ4v) is 1.29. The molecule has 1 unspecified atom stereocenters. The first-order valence-corrected chi connectivity index (χ1v) is 4.56. The second kappa shape index (κ2) is 4.93. The van der Waals surface area contributed by atoms with Crippen molar-refractivity contribution in [3.05, 3.63) is 30.1 Å². The van der Waals surface area contributed by atoms with Gasteiger partial charge in [0.1, 0.15) is 5.82 Å². The first-order valence-electron chi connectivity index (χ1n) is 4.56. The van der Waals surface area contributed by atoms with Gasteiger partial charge in [-0.15, -0.1) is 0 Å². The lowest BCUT2D eigenvalue weighted by Gasteiger charge is -2.22. The van der Waals surface area contributed by atoms with Crippen molar-refractivity contribution >= 4 is 5.69 Å². The number of benzene rings is 1. The third kappa shape index (κ3) is 2.68. The molecule has 4 heteroatoms. The van der Waals surface area contributed by atoms with Crippen molar-refractivity contribution in [1.29, 1.82) is 0 Å². The molecular formula is C10H16FN3. The van der Waals surface area contributed by atoms with Gasteiger partial charge in [0.25, 0.3) is 0 Å². The lowest BCUT2D eigenvalue weighted by atomic mass is 10.2. The van der Waals surface area contributed by atoms with Gasteiger partial charge in [-0.05, 0) is 12.1 Å². The molecule has 1 rings (SSSR count). The molecule has 0 radical (unpaired) electrons. The monoisotopic (exact) mass is 197 g/mol. The SMILES string of the molecule is CN(CC(N)CN)c1ccccc1F. The van der Waals surface area contributed by atoms with Crippen molar-refractivity contribution in [2.45, 2.75) is 6.04 Å². The van der Waals surface area contributed by atoms with Gasteiger partial charge in [0.05, 0.1) is 5.69 Å². The predicted molar refractivity (Wildman–Crippen MR) is 56.7 cm³/mol. The highest BCUT2D eigenvalue weighted by Crippen LogP contribution is 2.16. The molecule has 1 atom stereocenters. The molecule has 0 saturated carbocycles. The van der Waals surface area contributed by atoms with E-state index in [1.807, 2.05) is 0 Å². The van der Waals surface area contributed by atoms with Crippen LogP contribution in [0, 0.1) is 5.82 Å². The number of nitrogens with zero attached hydrogens (tertiary/aromatic N) is 1. The Kier molecular flexibility index (Phi) is 3.85. The molecule has 0 bridgehead atoms. The Morgan fingerprint density at radius 1 is 1.43 bits per heavy atom. The molecule has 1 aromatic carbocycles. The largest absolute Gasteiger partial charge is 0.371 e. The van der Waals surface area contributed by atoms with Crippen molar-refractivity contribution in [3.8, 4) is 0 Å². The van der Waals surface area contributed by atoms with Gasteiger partial charge in [0.2, 0.25) is 0 Å². The number of hydrogen-bond acceptors (Lipinski definition) is 3. The van der Waals surface area contributed by atoms with Gasteiger partial charge >= 0.3 is 0 Å². The van der Waals surface area contributed by atoms with Gasteiger partial charge in [-0.25, -0.2) is 4.39 Å². The molecule has 0 saturated heterocycles. The van der Waals surface area contributed by atoms with E-state index >= 15 is 0 Å². The smallest absolute Gasteiger partial charge is 0.146 e. The summed E-state index contributed by atoms with van der Waals surface area (Å²) in [6.07, 6.45) is 0. The van der Waals surface area contributed by atoms with Gasteiger partial charge in [-0.3, -0.25) is 0 Å². The number of para-hydroxylation sites is 1. The molecule has 0 aliphatic rings. The summed E-state index contributed by atoms with van der Waals surface area (Å²) in [6, 6.07) is 6.48. The summed E-state index contributed by atoms with van der Waals surface area (Å²) >= 11 is 0. The maximum atomic E-state index is 13.3. The molecule has 14 heavy (non-hydrogen) atoms. The Morgan fingerprint density at radius 2 is 2.07 bits per heavy atom. The lowest BCUT2D eigenvalue weighted by molar-refractivity contribution is 0.610. The zero-order valence-corrected chi connectivity index (χ0v) is 8.28. The van der Waals surface area contributed by atoms with E-state index in [1.54, 1.807) is 30.1 Å². The summed E-state index contributed by atoms with van der Waals surface area (Å²) in [5, 5.41) is 0. The molecule has 1 aromatic rings. The van der Waals surface area contributed by atoms with E-state index in [0.717, 1.165) is 0 Å². The summed E-state index contributed by atoms with van der Waals surface area (Å²) in [4.78, 5) is 1.77. The molecule has 3 nitrogen and oxygen atoms in total. The second-order valence-corrected chi connectivity index (χ2v) is 3.33. The van der Waals surface area contributed by atoms with Gasteiger partial charge in [0.15, 0.2) is 0 Å². The standard InChI is InChI=1S/C10H16FN3/c1-14(7-8(13)6-12)10-5-3-2-4-9(10)11/h2-5,8H,6-7,12-13H2,1H3. The average molecular weight is 197 g/mol. The third-order valence-electron chi connectivity index (χ3n) is 2.07. The zero-order chi connectivity index (χ0) is 10.6. The van der Waals surface area contributed by atoms with Crippen LogP contribution in [0.5, 0.6) is 0 Å². The Hall–Kier alpha value is -1.13. The minimum atomic E-state index is -0.237. The summed E-state index contributed by atoms with van der Waals surface area (Å²) < 4.78 is 13.3. The topological polar surface area (TPSA) is 55.3 Å². The molecule has 0 amide bonds. The van der Waals surface area contributed by atoms with Crippen LogP contribution in [0.2, 0.25) is 0 Å². The summed E-state index contributed by atoms with van der Waals surface area (Å²) in [6.45, 7) is 0.955. The quantitative estimate of drug-likeness (QED) is 0.741. The second-order valence-electron chi connectivity index (χ2n) is 3.33. The summed E-state index contributed by atoms with van der Waals surface area (Å²) in [7, 11) is 1.80. The van der Waals surface area contributed by atoms with Crippen molar-refractivity contribution in [3.63, 3.8) is 0 Å². The fourth-order valence-electron chi connectivity index (χ4n) is 1.29. The number of nitrogens with two attached hydrogens (primary N) is 2. The van der Waals surface area contributed by atoms with Gasteiger partial charge < -0.3 is 16.4 Å². The molecule has 0 aromatic heterocycles. The molecule has 0 fully saturated rings. The Labute approximate surface area is 83.5 Å². The molecule has 4 N–H and O–H groups in total. The average Bonchev–Trinajstić information content (AvgIpc) is 2.18. The Balaban J connectivity index is 2.69. The maximum Gasteiger partial charge on any atom is 0.146 e. The summed E-state index contributed by atoms with van der Waals surface area (Å²) in [5.74, 6) is -0.237. The fraction of sp³-hybridized carbons (Fsp3) is 0.400. The number of halogens is 1. The van der Waals surface area contributed by atoms with E-state index in [0.29, 0.717) is 18.8 Å². The van der Waals surface area contributed by atoms with Crippen molar-refractivity contribution < 1.29 is 4.39 Å². The van der Waals surface area contributed by atoms with Crippen LogP contribution in [0.1, 0.15) is 0 Å². The highest BCUT2D eigenvalue weighted by molar-refractivity contribution is 5.46. The van der Waals surface area contributed by atoms with Crippen LogP contribution in [-0.2, 0) is 0 Å². The number of rotatable bonds is 4. The van der Waals surface area contributed by atoms with E-state index in [-0.39, 0.29) is 11.9 Å². The first kappa shape index (κ1) is 10.9. The number of hydrogen-bond donors (Lipinski definition) is 2. The van der Waals surface area contributed by atoms with Crippen LogP contribution < -0.4 is 16.4 Å². The third-order valence-corrected chi connectivity index (χ3v) is 2.07. The van der Waals surface area contributed by atoms with Crippen molar-refractivity contribution in [2.24, 2.45) is 11.5 Å². The molecule has 0 spiro atoms. The van der Waals surface area contributed by atoms with Gasteiger partial charge in [-0.2, -0.15) is 0 Å². The zero-order valence-electron chi connectivity index (χ0n) is 8.28. The Bertz CT molecular complexity index is 290. The van der Waals surface area contributed by atoms with Crippen LogP contribution >= 0.6 is 0 Å². The molecule has 0 heterocycles. The van der Waals surface area contributed by atoms with Gasteiger partial charge in [0, 0.05) is 26.2 Å². The van der Waals surface area contributed by atoms with E-state index < -0.39 is 0 Å². The van der Waals surface area contributed by atoms with Crippen molar-refractivity contribution in [2.75, 3.05) is 25.0 Å². The minimum Gasteiger partial charge on any atom is -0.371 e. The molecular weight excluding hydrogens is 181 g/mol. The van der Waals surface area contributed by atoms with Crippen LogP contribution in [0.15, 0.2) is 24.3 Å². The van der Waals surface area contributed by atoms with Crippen LogP contribution in [-0.4, -0.2) is 26.2 Å².